The van der Waals surface area contributed by atoms with Crippen molar-refractivity contribution in [1.29, 1.82) is 0 Å². The fraction of sp³-hybridized carbons (Fsp3) is 0.409. The number of nitrogens with one attached hydrogen (secondary N) is 1. The minimum atomic E-state index is -0.357. The number of aromatic nitrogens is 3. The first-order valence-corrected chi connectivity index (χ1v) is 10.4. The number of nitrogens with zero attached hydrogens (tertiary/aromatic N) is 5. The highest BCUT2D eigenvalue weighted by molar-refractivity contribution is 5.84. The van der Waals surface area contributed by atoms with Gasteiger partial charge in [-0.25, -0.2) is 9.37 Å². The number of anilines is 1. The van der Waals surface area contributed by atoms with Crippen molar-refractivity contribution in [3.05, 3.63) is 48.7 Å². The van der Waals surface area contributed by atoms with Crippen LogP contribution in [0.3, 0.4) is 0 Å². The lowest BCUT2D eigenvalue weighted by molar-refractivity contribution is -0.131. The quantitative estimate of drug-likeness (QED) is 0.677. The Kier molecular flexibility index (Phi) is 5.94. The van der Waals surface area contributed by atoms with Crippen LogP contribution in [0.1, 0.15) is 20.3 Å². The maximum atomic E-state index is 14.4. The first-order valence-electron chi connectivity index (χ1n) is 10.4. The van der Waals surface area contributed by atoms with Crippen LogP contribution in [0.4, 0.5) is 10.2 Å². The SMILES string of the molecule is CCC(C)N1CCN(C(=O)CNc2c(-c3ccccc3F)nc3cnccn23)CC1. The number of piperazine rings is 1. The summed E-state index contributed by atoms with van der Waals surface area (Å²) in [7, 11) is 0. The molecule has 7 nitrogen and oxygen atoms in total. The average Bonchev–Trinajstić information content (AvgIpc) is 3.15. The number of carbonyl (C=O) groups excluding carboxylic acids is 1. The van der Waals surface area contributed by atoms with Gasteiger partial charge in [0, 0.05) is 50.2 Å². The van der Waals surface area contributed by atoms with Crippen molar-refractivity contribution in [3.63, 3.8) is 0 Å². The molecule has 0 bridgehead atoms. The Balaban J connectivity index is 1.51. The molecular formula is C22H27FN6O. The number of fused-ring (bicyclic) bond motifs is 1. The van der Waals surface area contributed by atoms with Crippen molar-refractivity contribution in [2.45, 2.75) is 26.3 Å². The summed E-state index contributed by atoms with van der Waals surface area (Å²) < 4.78 is 16.2. The van der Waals surface area contributed by atoms with E-state index < -0.39 is 0 Å². The molecule has 0 aliphatic carbocycles. The van der Waals surface area contributed by atoms with Crippen LogP contribution in [0.25, 0.3) is 16.9 Å². The molecule has 2 aromatic heterocycles. The van der Waals surface area contributed by atoms with E-state index in [1.165, 1.54) is 6.07 Å². The van der Waals surface area contributed by atoms with Crippen LogP contribution in [0.2, 0.25) is 0 Å². The van der Waals surface area contributed by atoms with E-state index in [0.717, 1.165) is 32.6 Å². The second-order valence-corrected chi connectivity index (χ2v) is 7.62. The van der Waals surface area contributed by atoms with Crippen LogP contribution in [-0.4, -0.2) is 68.8 Å². The van der Waals surface area contributed by atoms with Crippen LogP contribution in [0, 0.1) is 5.82 Å². The lowest BCUT2D eigenvalue weighted by Gasteiger charge is -2.37. The van der Waals surface area contributed by atoms with E-state index in [9.17, 15) is 9.18 Å². The average molecular weight is 410 g/mol. The van der Waals surface area contributed by atoms with Crippen molar-refractivity contribution in [3.8, 4) is 11.3 Å². The zero-order chi connectivity index (χ0) is 21.1. The molecule has 1 atom stereocenters. The molecule has 1 aliphatic heterocycles. The first kappa shape index (κ1) is 20.3. The molecule has 1 aromatic carbocycles. The topological polar surface area (TPSA) is 65.8 Å². The molecule has 1 unspecified atom stereocenters. The highest BCUT2D eigenvalue weighted by Crippen LogP contribution is 2.30. The minimum absolute atomic E-state index is 0.0299. The molecule has 3 heterocycles. The van der Waals surface area contributed by atoms with E-state index in [0.29, 0.717) is 28.8 Å². The zero-order valence-corrected chi connectivity index (χ0v) is 17.4. The molecule has 0 spiro atoms. The summed E-state index contributed by atoms with van der Waals surface area (Å²) in [4.78, 5) is 25.8. The highest BCUT2D eigenvalue weighted by Gasteiger charge is 2.24. The van der Waals surface area contributed by atoms with E-state index in [2.05, 4.69) is 34.0 Å². The molecular weight excluding hydrogens is 383 g/mol. The van der Waals surface area contributed by atoms with Crippen LogP contribution in [0.5, 0.6) is 0 Å². The normalized spacial score (nSPS) is 16.0. The molecule has 4 rings (SSSR count). The van der Waals surface area contributed by atoms with Crippen molar-refractivity contribution in [2.24, 2.45) is 0 Å². The summed E-state index contributed by atoms with van der Waals surface area (Å²) in [6.07, 6.45) is 6.12. The minimum Gasteiger partial charge on any atom is -0.360 e. The lowest BCUT2D eigenvalue weighted by Crippen LogP contribution is -2.52. The fourth-order valence-electron chi connectivity index (χ4n) is 3.86. The van der Waals surface area contributed by atoms with Crippen molar-refractivity contribution in [2.75, 3.05) is 38.0 Å². The van der Waals surface area contributed by atoms with E-state index in [4.69, 9.17) is 0 Å². The summed E-state index contributed by atoms with van der Waals surface area (Å²) in [5, 5.41) is 3.21. The molecule has 3 aromatic rings. The first-order chi connectivity index (χ1) is 14.6. The molecule has 1 saturated heterocycles. The van der Waals surface area contributed by atoms with Gasteiger partial charge in [-0.2, -0.15) is 0 Å². The van der Waals surface area contributed by atoms with Crippen LogP contribution < -0.4 is 5.32 Å². The van der Waals surface area contributed by atoms with Gasteiger partial charge in [0.15, 0.2) is 5.65 Å². The highest BCUT2D eigenvalue weighted by atomic mass is 19.1. The Morgan fingerprint density at radius 3 is 2.73 bits per heavy atom. The van der Waals surface area contributed by atoms with Crippen LogP contribution >= 0.6 is 0 Å². The summed E-state index contributed by atoms with van der Waals surface area (Å²) in [6, 6.07) is 7.04. The van der Waals surface area contributed by atoms with Gasteiger partial charge in [0.2, 0.25) is 5.91 Å². The standard InChI is InChI=1S/C22H27FN6O/c1-3-16(2)27-10-12-28(13-11-27)20(30)15-25-22-21(17-6-4-5-7-18(17)23)26-19-14-24-8-9-29(19)22/h4-9,14,16,25H,3,10-13,15H2,1-2H3. The fourth-order valence-corrected chi connectivity index (χ4v) is 3.86. The molecule has 1 amide bonds. The number of carbonyl (C=O) groups is 1. The van der Waals surface area contributed by atoms with Gasteiger partial charge in [0.1, 0.15) is 17.3 Å². The van der Waals surface area contributed by atoms with Gasteiger partial charge in [-0.05, 0) is 25.5 Å². The molecule has 0 saturated carbocycles. The third-order valence-corrected chi connectivity index (χ3v) is 5.85. The maximum Gasteiger partial charge on any atom is 0.242 e. The van der Waals surface area contributed by atoms with E-state index in [-0.39, 0.29) is 18.3 Å². The van der Waals surface area contributed by atoms with E-state index in [1.54, 1.807) is 41.2 Å². The number of hydrogen-bond donors (Lipinski definition) is 1. The van der Waals surface area contributed by atoms with Gasteiger partial charge in [-0.15, -0.1) is 0 Å². The Morgan fingerprint density at radius 1 is 1.23 bits per heavy atom. The van der Waals surface area contributed by atoms with Crippen LogP contribution in [0.15, 0.2) is 42.9 Å². The summed E-state index contributed by atoms with van der Waals surface area (Å²) >= 11 is 0. The molecule has 1 aliphatic rings. The number of amides is 1. The Hall–Kier alpha value is -3.00. The maximum absolute atomic E-state index is 14.4. The van der Waals surface area contributed by atoms with Gasteiger partial charge in [0.05, 0.1) is 12.7 Å². The molecule has 1 N–H and O–H groups in total. The van der Waals surface area contributed by atoms with Crippen molar-refractivity contribution < 1.29 is 9.18 Å². The molecule has 8 heteroatoms. The third-order valence-electron chi connectivity index (χ3n) is 5.85. The second-order valence-electron chi connectivity index (χ2n) is 7.62. The largest absolute Gasteiger partial charge is 0.360 e. The van der Waals surface area contributed by atoms with E-state index in [1.807, 2.05) is 4.90 Å². The van der Waals surface area contributed by atoms with Gasteiger partial charge in [-0.3, -0.25) is 19.1 Å². The van der Waals surface area contributed by atoms with Crippen molar-refractivity contribution >= 4 is 17.4 Å². The second kappa shape index (κ2) is 8.79. The summed E-state index contributed by atoms with van der Waals surface area (Å²) in [5.74, 6) is 0.260. The smallest absolute Gasteiger partial charge is 0.242 e. The summed E-state index contributed by atoms with van der Waals surface area (Å²) in [5.41, 5.74) is 1.45. The predicted octanol–water partition coefficient (Wildman–Crippen LogP) is 2.89. The Morgan fingerprint density at radius 2 is 2.00 bits per heavy atom. The number of halogens is 1. The Labute approximate surface area is 175 Å². The van der Waals surface area contributed by atoms with Crippen molar-refractivity contribution in [1.82, 2.24) is 24.2 Å². The van der Waals surface area contributed by atoms with Gasteiger partial charge in [-0.1, -0.05) is 19.1 Å². The molecule has 30 heavy (non-hydrogen) atoms. The monoisotopic (exact) mass is 410 g/mol. The van der Waals surface area contributed by atoms with Crippen LogP contribution in [-0.2, 0) is 4.79 Å². The van der Waals surface area contributed by atoms with E-state index >= 15 is 0 Å². The Bertz CT molecular complexity index is 1030. The predicted molar refractivity (Wildman–Crippen MR) is 115 cm³/mol. The number of rotatable bonds is 6. The van der Waals surface area contributed by atoms with Gasteiger partial charge in [0.25, 0.3) is 0 Å². The molecule has 158 valence electrons. The lowest BCUT2D eigenvalue weighted by atomic mass is 10.1. The number of imidazole rings is 1. The third kappa shape index (κ3) is 4.00. The number of hydrogen-bond acceptors (Lipinski definition) is 5. The number of benzene rings is 1. The molecule has 1 fully saturated rings. The zero-order valence-electron chi connectivity index (χ0n) is 17.4. The van der Waals surface area contributed by atoms with Gasteiger partial charge < -0.3 is 10.2 Å². The van der Waals surface area contributed by atoms with Gasteiger partial charge >= 0.3 is 0 Å². The summed E-state index contributed by atoms with van der Waals surface area (Å²) in [6.45, 7) is 7.77. The molecule has 0 radical (unpaired) electrons.